The quantitative estimate of drug-likeness (QED) is 0.782. The Morgan fingerprint density at radius 1 is 1.08 bits per heavy atom. The molecule has 1 spiro atoms. The molecule has 5 heteroatoms. The second-order valence-electron chi connectivity index (χ2n) is 7.43. The van der Waals surface area contributed by atoms with Crippen LogP contribution in [0.1, 0.15) is 36.8 Å². The van der Waals surface area contributed by atoms with Gasteiger partial charge in [-0.15, -0.1) is 0 Å². The van der Waals surface area contributed by atoms with Gasteiger partial charge >= 0.3 is 0 Å². The molecule has 1 unspecified atom stereocenters. The lowest BCUT2D eigenvalue weighted by atomic mass is 9.69. The summed E-state index contributed by atoms with van der Waals surface area (Å²) in [6.07, 6.45) is 3.98. The monoisotopic (exact) mass is 342 g/mol. The number of hydrogen-bond acceptors (Lipinski definition) is 4. The molecule has 2 fully saturated rings. The number of aryl methyl sites for hydroxylation is 1. The van der Waals surface area contributed by atoms with Crippen LogP contribution in [-0.4, -0.2) is 61.0 Å². The smallest absolute Gasteiger partial charge is 0.240 e. The van der Waals surface area contributed by atoms with Crippen molar-refractivity contribution in [1.82, 2.24) is 9.80 Å². The Balaban J connectivity index is 1.46. The molecule has 1 aromatic rings. The molecule has 2 saturated heterocycles. The predicted octanol–water partition coefficient (Wildman–Crippen LogP) is 1.74. The van der Waals surface area contributed by atoms with Crippen LogP contribution >= 0.6 is 0 Å². The van der Waals surface area contributed by atoms with Gasteiger partial charge in [-0.2, -0.15) is 0 Å². The molecular weight excluding hydrogens is 316 g/mol. The van der Waals surface area contributed by atoms with E-state index in [0.717, 1.165) is 64.1 Å². The summed E-state index contributed by atoms with van der Waals surface area (Å²) < 4.78 is 5.36. The minimum absolute atomic E-state index is 0.00341. The number of hydrogen-bond donors (Lipinski definition) is 0. The maximum atomic E-state index is 13.2. The molecule has 0 N–H and O–H groups in total. The van der Waals surface area contributed by atoms with Gasteiger partial charge < -0.3 is 4.74 Å². The van der Waals surface area contributed by atoms with Crippen LogP contribution < -0.4 is 0 Å². The Bertz CT molecular complexity index is 669. The average Bonchev–Trinajstić information content (AvgIpc) is 2.88. The number of likely N-dealkylation sites (tertiary alicyclic amines) is 1. The average molecular weight is 342 g/mol. The van der Waals surface area contributed by atoms with E-state index in [1.165, 1.54) is 10.5 Å². The summed E-state index contributed by atoms with van der Waals surface area (Å²) in [5.41, 5.74) is 1.74. The van der Waals surface area contributed by atoms with Crippen LogP contribution in [0.15, 0.2) is 24.3 Å². The number of carbonyl (C=O) groups excluding carboxylic acids is 2. The van der Waals surface area contributed by atoms with Crippen molar-refractivity contribution >= 4 is 11.8 Å². The largest absolute Gasteiger partial charge is 0.379 e. The minimum atomic E-state index is -0.592. The van der Waals surface area contributed by atoms with E-state index < -0.39 is 5.41 Å². The highest BCUT2D eigenvalue weighted by molar-refractivity contribution is 6.09. The molecule has 134 valence electrons. The fourth-order valence-corrected chi connectivity index (χ4v) is 4.63. The van der Waals surface area contributed by atoms with Gasteiger partial charge in [-0.05, 0) is 36.8 Å². The number of nitrogens with zero attached hydrogens (tertiary/aromatic N) is 2. The van der Waals surface area contributed by atoms with E-state index in [9.17, 15) is 9.59 Å². The molecule has 0 bridgehead atoms. The molecule has 1 aromatic carbocycles. The van der Waals surface area contributed by atoms with Gasteiger partial charge in [0, 0.05) is 32.6 Å². The summed E-state index contributed by atoms with van der Waals surface area (Å²) in [5.74, 6) is 0.0373. The molecule has 3 aliphatic rings. The van der Waals surface area contributed by atoms with Gasteiger partial charge in [-0.3, -0.25) is 19.4 Å². The second-order valence-corrected chi connectivity index (χ2v) is 7.43. The van der Waals surface area contributed by atoms with Gasteiger partial charge in [0.2, 0.25) is 11.8 Å². The Hall–Kier alpha value is -1.72. The lowest BCUT2D eigenvalue weighted by molar-refractivity contribution is -0.140. The first-order chi connectivity index (χ1) is 12.2. The molecular formula is C20H26N2O3. The zero-order valence-corrected chi connectivity index (χ0v) is 14.7. The summed E-state index contributed by atoms with van der Waals surface area (Å²) in [7, 11) is 0. The van der Waals surface area contributed by atoms with Crippen molar-refractivity contribution in [2.75, 3.05) is 39.4 Å². The first-order valence-electron chi connectivity index (χ1n) is 9.44. The van der Waals surface area contributed by atoms with E-state index in [-0.39, 0.29) is 11.8 Å². The van der Waals surface area contributed by atoms with Crippen molar-refractivity contribution in [3.05, 3.63) is 35.4 Å². The lowest BCUT2D eigenvalue weighted by Gasteiger charge is -2.33. The molecule has 2 amide bonds. The van der Waals surface area contributed by atoms with E-state index >= 15 is 0 Å². The molecule has 5 nitrogen and oxygen atoms in total. The van der Waals surface area contributed by atoms with Gasteiger partial charge in [0.05, 0.1) is 18.6 Å². The predicted molar refractivity (Wildman–Crippen MR) is 94.3 cm³/mol. The topological polar surface area (TPSA) is 49.9 Å². The number of imide groups is 1. The van der Waals surface area contributed by atoms with Crippen molar-refractivity contribution in [2.45, 2.75) is 37.5 Å². The fraction of sp³-hybridized carbons (Fsp3) is 0.600. The van der Waals surface area contributed by atoms with E-state index in [1.54, 1.807) is 0 Å². The molecule has 0 radical (unpaired) electrons. The Kier molecular flexibility index (Phi) is 4.61. The Labute approximate surface area is 148 Å². The maximum Gasteiger partial charge on any atom is 0.240 e. The van der Waals surface area contributed by atoms with Crippen LogP contribution in [0, 0.1) is 0 Å². The van der Waals surface area contributed by atoms with E-state index in [1.807, 2.05) is 12.1 Å². The van der Waals surface area contributed by atoms with Crippen molar-refractivity contribution < 1.29 is 14.3 Å². The SMILES string of the molecule is O=C1CC2(CCCc3ccccc32)C(=O)N1CCCN1CCOCC1. The number of carbonyl (C=O) groups is 2. The molecule has 2 aliphatic heterocycles. The van der Waals surface area contributed by atoms with Gasteiger partial charge in [0.1, 0.15) is 0 Å². The molecule has 25 heavy (non-hydrogen) atoms. The number of amides is 2. The van der Waals surface area contributed by atoms with Crippen LogP contribution in [0.3, 0.4) is 0 Å². The molecule has 1 atom stereocenters. The molecule has 4 rings (SSSR count). The first kappa shape index (κ1) is 16.7. The second kappa shape index (κ2) is 6.89. The van der Waals surface area contributed by atoms with Crippen LogP contribution in [0.25, 0.3) is 0 Å². The van der Waals surface area contributed by atoms with Crippen molar-refractivity contribution in [3.63, 3.8) is 0 Å². The fourth-order valence-electron chi connectivity index (χ4n) is 4.63. The zero-order chi connectivity index (χ0) is 17.3. The zero-order valence-electron chi connectivity index (χ0n) is 14.7. The summed E-state index contributed by atoms with van der Waals surface area (Å²) in [4.78, 5) is 29.7. The number of fused-ring (bicyclic) bond motifs is 2. The number of morpholine rings is 1. The molecule has 1 aliphatic carbocycles. The van der Waals surface area contributed by atoms with Crippen molar-refractivity contribution in [3.8, 4) is 0 Å². The van der Waals surface area contributed by atoms with Crippen molar-refractivity contribution in [1.29, 1.82) is 0 Å². The highest BCUT2D eigenvalue weighted by Gasteiger charge is 2.53. The third kappa shape index (κ3) is 3.00. The Morgan fingerprint density at radius 3 is 2.72 bits per heavy atom. The van der Waals surface area contributed by atoms with Crippen LogP contribution in [0.5, 0.6) is 0 Å². The highest BCUT2D eigenvalue weighted by atomic mass is 16.5. The maximum absolute atomic E-state index is 13.2. The van der Waals surface area contributed by atoms with Gasteiger partial charge in [0.25, 0.3) is 0 Å². The number of benzene rings is 1. The van der Waals surface area contributed by atoms with Crippen LogP contribution in [0.2, 0.25) is 0 Å². The molecule has 0 aromatic heterocycles. The summed E-state index contributed by atoms with van der Waals surface area (Å²) in [6.45, 7) is 4.91. The van der Waals surface area contributed by atoms with E-state index in [0.29, 0.717) is 13.0 Å². The molecule has 2 heterocycles. The third-order valence-electron chi connectivity index (χ3n) is 5.95. The Morgan fingerprint density at radius 2 is 1.88 bits per heavy atom. The summed E-state index contributed by atoms with van der Waals surface area (Å²) in [6, 6.07) is 8.18. The number of rotatable bonds is 4. The van der Waals surface area contributed by atoms with Gasteiger partial charge in [-0.1, -0.05) is 24.3 Å². The van der Waals surface area contributed by atoms with Crippen LogP contribution in [-0.2, 0) is 26.2 Å². The highest BCUT2D eigenvalue weighted by Crippen LogP contribution is 2.45. The summed E-state index contributed by atoms with van der Waals surface area (Å²) >= 11 is 0. The molecule has 0 saturated carbocycles. The normalized spacial score (nSPS) is 27.1. The first-order valence-corrected chi connectivity index (χ1v) is 9.44. The standard InChI is InChI=1S/C20H26N2O3/c23-18-15-20(8-3-6-16-5-1-2-7-17(16)20)19(24)22(18)10-4-9-21-11-13-25-14-12-21/h1-2,5,7H,3-4,6,8-15H2. The van der Waals surface area contributed by atoms with Gasteiger partial charge in [-0.25, -0.2) is 0 Å². The minimum Gasteiger partial charge on any atom is -0.379 e. The third-order valence-corrected chi connectivity index (χ3v) is 5.95. The van der Waals surface area contributed by atoms with E-state index in [2.05, 4.69) is 17.0 Å². The lowest BCUT2D eigenvalue weighted by Crippen LogP contribution is -2.42. The van der Waals surface area contributed by atoms with Crippen LogP contribution in [0.4, 0.5) is 0 Å². The van der Waals surface area contributed by atoms with Gasteiger partial charge in [0.15, 0.2) is 0 Å². The van der Waals surface area contributed by atoms with E-state index in [4.69, 9.17) is 4.74 Å². The van der Waals surface area contributed by atoms with Crippen molar-refractivity contribution in [2.24, 2.45) is 0 Å². The summed E-state index contributed by atoms with van der Waals surface area (Å²) in [5, 5.41) is 0. The number of ether oxygens (including phenoxy) is 1.